The monoisotopic (exact) mass is 306 g/mol. The van der Waals surface area contributed by atoms with Crippen LogP contribution in [0.1, 0.15) is 19.3 Å². The molecule has 0 spiro atoms. The number of hydrogen-bond acceptors (Lipinski definition) is 4. The molecule has 116 valence electrons. The van der Waals surface area contributed by atoms with Crippen LogP contribution >= 0.6 is 0 Å². The van der Waals surface area contributed by atoms with E-state index in [-0.39, 0.29) is 12.5 Å². The molecule has 0 aromatic carbocycles. The molecule has 1 N–H and O–H groups in total. The molecule has 2 saturated heterocycles. The van der Waals surface area contributed by atoms with E-state index in [0.717, 1.165) is 6.42 Å². The van der Waals surface area contributed by atoms with Crippen LogP contribution in [0.5, 0.6) is 0 Å². The predicted octanol–water partition coefficient (Wildman–Crippen LogP) is -0.00390. The second-order valence-corrected chi connectivity index (χ2v) is 7.44. The van der Waals surface area contributed by atoms with E-state index in [0.29, 0.717) is 39.1 Å². The van der Waals surface area contributed by atoms with Gasteiger partial charge in [-0.3, -0.25) is 4.79 Å². The van der Waals surface area contributed by atoms with Crippen LogP contribution < -0.4 is 0 Å². The summed E-state index contributed by atoms with van der Waals surface area (Å²) >= 11 is 0. The zero-order chi connectivity index (χ0) is 14.8. The quantitative estimate of drug-likeness (QED) is 0.772. The number of ether oxygens (including phenoxy) is 1. The molecule has 0 bridgehead atoms. The Bertz CT molecular complexity index is 453. The topological polar surface area (TPSA) is 87.2 Å². The Balaban J connectivity index is 2.01. The molecule has 2 aliphatic rings. The van der Waals surface area contributed by atoms with Gasteiger partial charge in [0.15, 0.2) is 0 Å². The highest BCUT2D eigenvalue weighted by Crippen LogP contribution is 2.25. The zero-order valence-electron chi connectivity index (χ0n) is 11.7. The van der Waals surface area contributed by atoms with Crippen LogP contribution in [-0.2, 0) is 19.7 Å². The molecule has 0 aromatic rings. The molecule has 0 saturated carbocycles. The minimum atomic E-state index is -3.53. The van der Waals surface area contributed by atoms with E-state index in [2.05, 4.69) is 0 Å². The van der Waals surface area contributed by atoms with Crippen molar-refractivity contribution in [3.63, 3.8) is 0 Å². The fraction of sp³-hybridized carbons (Fsp3) is 0.917. The second-order valence-electron chi connectivity index (χ2n) is 5.51. The highest BCUT2D eigenvalue weighted by atomic mass is 32.2. The number of aliphatic carboxylic acids is 1. The van der Waals surface area contributed by atoms with E-state index < -0.39 is 22.1 Å². The van der Waals surface area contributed by atoms with Crippen molar-refractivity contribution in [1.82, 2.24) is 8.61 Å². The van der Waals surface area contributed by atoms with Gasteiger partial charge in [0.25, 0.3) is 10.2 Å². The van der Waals surface area contributed by atoms with Crippen molar-refractivity contribution in [2.24, 2.45) is 11.8 Å². The van der Waals surface area contributed by atoms with Crippen LogP contribution in [0.15, 0.2) is 0 Å². The predicted molar refractivity (Wildman–Crippen MR) is 72.4 cm³/mol. The summed E-state index contributed by atoms with van der Waals surface area (Å²) in [7, 11) is -1.92. The van der Waals surface area contributed by atoms with Crippen molar-refractivity contribution in [3.05, 3.63) is 0 Å². The van der Waals surface area contributed by atoms with Crippen molar-refractivity contribution in [3.8, 4) is 0 Å². The molecule has 2 aliphatic heterocycles. The third-order valence-corrected chi connectivity index (χ3v) is 6.01. The summed E-state index contributed by atoms with van der Waals surface area (Å²) in [6.45, 7) is 2.01. The van der Waals surface area contributed by atoms with Gasteiger partial charge in [-0.2, -0.15) is 17.0 Å². The average Bonchev–Trinajstić information content (AvgIpc) is 2.88. The molecule has 7 nitrogen and oxygen atoms in total. The first-order valence-corrected chi connectivity index (χ1v) is 8.31. The van der Waals surface area contributed by atoms with Gasteiger partial charge in [0.1, 0.15) is 0 Å². The standard InChI is InChI=1S/C12H22N2O5S/c1-19-9-10-4-6-14(7-10)20(17,18)13-5-2-3-11(8-13)12(15)16/h10-11H,2-9H2,1H3,(H,15,16). The number of nitrogens with zero attached hydrogens (tertiary/aromatic N) is 2. The third-order valence-electron chi connectivity index (χ3n) is 4.04. The van der Waals surface area contributed by atoms with E-state index in [1.165, 1.54) is 8.61 Å². The van der Waals surface area contributed by atoms with E-state index in [4.69, 9.17) is 9.84 Å². The minimum Gasteiger partial charge on any atom is -0.481 e. The van der Waals surface area contributed by atoms with Crippen LogP contribution in [0.4, 0.5) is 0 Å². The summed E-state index contributed by atoms with van der Waals surface area (Å²) in [6, 6.07) is 0. The molecular formula is C12H22N2O5S. The van der Waals surface area contributed by atoms with E-state index in [9.17, 15) is 13.2 Å². The van der Waals surface area contributed by atoms with Gasteiger partial charge < -0.3 is 9.84 Å². The Morgan fingerprint density at radius 1 is 1.25 bits per heavy atom. The molecular weight excluding hydrogens is 284 g/mol. The summed E-state index contributed by atoms with van der Waals surface area (Å²) in [5, 5.41) is 9.05. The van der Waals surface area contributed by atoms with Gasteiger partial charge in [-0.1, -0.05) is 0 Å². The lowest BCUT2D eigenvalue weighted by atomic mass is 10.0. The Morgan fingerprint density at radius 2 is 1.95 bits per heavy atom. The SMILES string of the molecule is COCC1CCN(S(=O)(=O)N2CCCC(C(=O)O)C2)C1. The number of rotatable bonds is 5. The molecule has 0 radical (unpaired) electrons. The first-order valence-electron chi connectivity index (χ1n) is 6.92. The highest BCUT2D eigenvalue weighted by molar-refractivity contribution is 7.86. The number of hydrogen-bond donors (Lipinski definition) is 1. The average molecular weight is 306 g/mol. The Labute approximate surface area is 119 Å². The summed E-state index contributed by atoms with van der Waals surface area (Å²) in [5.41, 5.74) is 0. The molecule has 2 rings (SSSR count). The summed E-state index contributed by atoms with van der Waals surface area (Å²) in [5.74, 6) is -1.27. The van der Waals surface area contributed by atoms with Crippen LogP contribution in [0, 0.1) is 11.8 Å². The summed E-state index contributed by atoms with van der Waals surface area (Å²) < 4.78 is 32.9. The first kappa shape index (κ1) is 15.7. The van der Waals surface area contributed by atoms with Gasteiger partial charge in [0.05, 0.1) is 12.5 Å². The van der Waals surface area contributed by atoms with Crippen molar-refractivity contribution in [1.29, 1.82) is 0 Å². The Morgan fingerprint density at radius 3 is 2.60 bits per heavy atom. The Hall–Kier alpha value is -0.700. The maximum Gasteiger partial charge on any atom is 0.307 e. The van der Waals surface area contributed by atoms with E-state index in [1.807, 2.05) is 0 Å². The van der Waals surface area contributed by atoms with Gasteiger partial charge in [-0.25, -0.2) is 0 Å². The number of piperidine rings is 1. The van der Waals surface area contributed by atoms with Crippen LogP contribution in [0.3, 0.4) is 0 Å². The normalized spacial score (nSPS) is 29.6. The molecule has 2 atom stereocenters. The number of carboxylic acid groups (broad SMARTS) is 1. The lowest BCUT2D eigenvalue weighted by Gasteiger charge is -2.32. The molecule has 0 aromatic heterocycles. The Kier molecular flexibility index (Phi) is 5.00. The maximum absolute atomic E-state index is 12.5. The molecule has 0 amide bonds. The molecule has 8 heteroatoms. The lowest BCUT2D eigenvalue weighted by Crippen LogP contribution is -2.48. The number of carbonyl (C=O) groups is 1. The fourth-order valence-electron chi connectivity index (χ4n) is 2.90. The maximum atomic E-state index is 12.5. The van der Waals surface area contributed by atoms with Gasteiger partial charge in [0, 0.05) is 33.3 Å². The molecule has 0 aliphatic carbocycles. The fourth-order valence-corrected chi connectivity index (χ4v) is 4.69. The largest absolute Gasteiger partial charge is 0.481 e. The van der Waals surface area contributed by atoms with Gasteiger partial charge in [-0.15, -0.1) is 0 Å². The van der Waals surface area contributed by atoms with Crippen molar-refractivity contribution in [2.45, 2.75) is 19.3 Å². The summed E-state index contributed by atoms with van der Waals surface area (Å²) in [6.07, 6.45) is 1.95. The highest BCUT2D eigenvalue weighted by Gasteiger charge is 2.38. The number of methoxy groups -OCH3 is 1. The summed E-state index contributed by atoms with van der Waals surface area (Å²) in [4.78, 5) is 11.0. The molecule has 2 fully saturated rings. The van der Waals surface area contributed by atoms with Crippen molar-refractivity contribution >= 4 is 16.2 Å². The van der Waals surface area contributed by atoms with Crippen LogP contribution in [-0.4, -0.2) is 68.0 Å². The number of carboxylic acids is 1. The molecule has 20 heavy (non-hydrogen) atoms. The van der Waals surface area contributed by atoms with Gasteiger partial charge >= 0.3 is 5.97 Å². The molecule has 2 unspecified atom stereocenters. The smallest absolute Gasteiger partial charge is 0.307 e. The van der Waals surface area contributed by atoms with Gasteiger partial charge in [0.2, 0.25) is 0 Å². The van der Waals surface area contributed by atoms with Gasteiger partial charge in [-0.05, 0) is 25.2 Å². The van der Waals surface area contributed by atoms with E-state index in [1.54, 1.807) is 7.11 Å². The minimum absolute atomic E-state index is 0.0864. The van der Waals surface area contributed by atoms with Crippen molar-refractivity contribution in [2.75, 3.05) is 39.9 Å². The molecule has 2 heterocycles. The van der Waals surface area contributed by atoms with Crippen LogP contribution in [0.25, 0.3) is 0 Å². The lowest BCUT2D eigenvalue weighted by molar-refractivity contribution is -0.142. The van der Waals surface area contributed by atoms with Crippen LogP contribution in [0.2, 0.25) is 0 Å². The zero-order valence-corrected chi connectivity index (χ0v) is 12.5. The first-order chi connectivity index (χ1) is 9.45. The third kappa shape index (κ3) is 3.30. The second kappa shape index (κ2) is 6.38. The van der Waals surface area contributed by atoms with E-state index >= 15 is 0 Å². The van der Waals surface area contributed by atoms with Crippen molar-refractivity contribution < 1.29 is 23.1 Å².